The Hall–Kier alpha value is -0.700. The standard InChI is InChI=1S/C19H27FO2/c1-19-7-6-15-14-3-2-13(21)9-11(14)8-12(20)10-16(15)17(19)4-5-18(19)22/h9,12,14-18,22H,2-8,10H2,1H3/t12-,14+,15+,16-,17-,18-,19+/m0/s1. The van der Waals surface area contributed by atoms with Crippen molar-refractivity contribution < 1.29 is 14.3 Å². The van der Waals surface area contributed by atoms with Gasteiger partial charge in [-0.1, -0.05) is 12.5 Å². The summed E-state index contributed by atoms with van der Waals surface area (Å²) >= 11 is 0. The maximum atomic E-state index is 14.6. The molecule has 4 rings (SSSR count). The van der Waals surface area contributed by atoms with E-state index in [9.17, 15) is 14.3 Å². The fraction of sp³-hybridized carbons (Fsp3) is 0.842. The fourth-order valence-electron chi connectivity index (χ4n) is 6.33. The van der Waals surface area contributed by atoms with Crippen LogP contribution in [-0.4, -0.2) is 23.2 Å². The lowest BCUT2D eigenvalue weighted by atomic mass is 9.56. The summed E-state index contributed by atoms with van der Waals surface area (Å²) in [5.74, 6) is 2.01. The molecule has 0 aromatic heterocycles. The number of halogens is 1. The van der Waals surface area contributed by atoms with Gasteiger partial charge in [0, 0.05) is 12.8 Å². The van der Waals surface area contributed by atoms with E-state index in [1.54, 1.807) is 6.08 Å². The molecular formula is C19H27FO2. The van der Waals surface area contributed by atoms with Crippen molar-refractivity contribution in [1.82, 2.24) is 0 Å². The first kappa shape index (κ1) is 14.9. The second-order valence-electron chi connectivity index (χ2n) is 8.44. The van der Waals surface area contributed by atoms with Crippen LogP contribution in [-0.2, 0) is 4.79 Å². The average molecular weight is 306 g/mol. The number of aliphatic hydroxyl groups excluding tert-OH is 1. The van der Waals surface area contributed by atoms with Gasteiger partial charge in [-0.15, -0.1) is 0 Å². The first-order chi connectivity index (χ1) is 10.5. The number of carbonyl (C=O) groups is 1. The quantitative estimate of drug-likeness (QED) is 0.738. The molecule has 3 fully saturated rings. The lowest BCUT2D eigenvalue weighted by Gasteiger charge is -2.49. The SMILES string of the molecule is C[C@@]12CC[C@H]3[C@H](C[C@@H](F)CC4=CC(=O)CC[C@H]43)[C@@H]1CC[C@@H]2O. The molecule has 3 heteroatoms. The summed E-state index contributed by atoms with van der Waals surface area (Å²) < 4.78 is 14.6. The average Bonchev–Trinajstić information content (AvgIpc) is 2.69. The second-order valence-corrected chi connectivity index (χ2v) is 8.44. The number of hydrogen-bond acceptors (Lipinski definition) is 2. The molecule has 0 unspecified atom stereocenters. The van der Waals surface area contributed by atoms with Gasteiger partial charge < -0.3 is 5.11 Å². The molecule has 0 bridgehead atoms. The lowest BCUT2D eigenvalue weighted by Crippen LogP contribution is -2.45. The van der Waals surface area contributed by atoms with Gasteiger partial charge in [-0.05, 0) is 73.7 Å². The van der Waals surface area contributed by atoms with Gasteiger partial charge in [0.2, 0.25) is 0 Å². The molecular weight excluding hydrogens is 279 g/mol. The van der Waals surface area contributed by atoms with Gasteiger partial charge in [-0.2, -0.15) is 0 Å². The Morgan fingerprint density at radius 3 is 2.86 bits per heavy atom. The fourth-order valence-corrected chi connectivity index (χ4v) is 6.33. The summed E-state index contributed by atoms with van der Waals surface area (Å²) in [5, 5.41) is 10.4. The zero-order chi connectivity index (χ0) is 15.5. The van der Waals surface area contributed by atoms with Crippen LogP contribution in [0.1, 0.15) is 58.3 Å². The summed E-state index contributed by atoms with van der Waals surface area (Å²) in [6, 6.07) is 0. The number of rotatable bonds is 0. The molecule has 0 radical (unpaired) electrons. The zero-order valence-electron chi connectivity index (χ0n) is 13.4. The van der Waals surface area contributed by atoms with Crippen LogP contribution >= 0.6 is 0 Å². The van der Waals surface area contributed by atoms with Crippen LogP contribution in [0.2, 0.25) is 0 Å². The molecule has 7 atom stereocenters. The maximum Gasteiger partial charge on any atom is 0.155 e. The molecule has 0 spiro atoms. The Morgan fingerprint density at radius 1 is 1.23 bits per heavy atom. The highest BCUT2D eigenvalue weighted by molar-refractivity contribution is 5.91. The molecule has 0 aromatic rings. The van der Waals surface area contributed by atoms with Crippen LogP contribution in [0.5, 0.6) is 0 Å². The molecule has 1 N–H and O–H groups in total. The Balaban J connectivity index is 1.69. The van der Waals surface area contributed by atoms with Gasteiger partial charge in [-0.3, -0.25) is 4.79 Å². The van der Waals surface area contributed by atoms with Gasteiger partial charge >= 0.3 is 0 Å². The summed E-state index contributed by atoms with van der Waals surface area (Å²) in [7, 11) is 0. The van der Waals surface area contributed by atoms with Crippen LogP contribution in [0, 0.1) is 29.1 Å². The van der Waals surface area contributed by atoms with Crippen molar-refractivity contribution in [3.05, 3.63) is 11.6 Å². The largest absolute Gasteiger partial charge is 0.393 e. The minimum atomic E-state index is -0.810. The second kappa shape index (κ2) is 5.15. The molecule has 0 aromatic carbocycles. The van der Waals surface area contributed by atoms with E-state index in [1.165, 1.54) is 0 Å². The predicted octanol–water partition coefficient (Wildman–Crippen LogP) is 3.83. The van der Waals surface area contributed by atoms with E-state index < -0.39 is 6.17 Å². The normalized spacial score (nSPS) is 51.4. The molecule has 0 saturated heterocycles. The summed E-state index contributed by atoms with van der Waals surface area (Å²) in [4.78, 5) is 11.7. The predicted molar refractivity (Wildman–Crippen MR) is 83.0 cm³/mol. The number of fused-ring (bicyclic) bond motifs is 5. The van der Waals surface area contributed by atoms with E-state index in [4.69, 9.17) is 0 Å². The van der Waals surface area contributed by atoms with E-state index in [0.29, 0.717) is 42.9 Å². The molecule has 4 aliphatic rings. The zero-order valence-corrected chi connectivity index (χ0v) is 13.4. The third-order valence-electron chi connectivity index (χ3n) is 7.47. The van der Waals surface area contributed by atoms with E-state index >= 15 is 0 Å². The third-order valence-corrected chi connectivity index (χ3v) is 7.47. The number of hydrogen-bond donors (Lipinski definition) is 1. The highest BCUT2D eigenvalue weighted by atomic mass is 19.1. The molecule has 4 aliphatic carbocycles. The van der Waals surface area contributed by atoms with Crippen LogP contribution in [0.3, 0.4) is 0 Å². The van der Waals surface area contributed by atoms with Gasteiger partial charge in [0.05, 0.1) is 6.10 Å². The number of ketones is 1. The van der Waals surface area contributed by atoms with Gasteiger partial charge in [0.25, 0.3) is 0 Å². The molecule has 2 nitrogen and oxygen atoms in total. The Kier molecular flexibility index (Phi) is 3.48. The lowest BCUT2D eigenvalue weighted by molar-refractivity contribution is -0.115. The number of alkyl halides is 1. The maximum absolute atomic E-state index is 14.6. The van der Waals surface area contributed by atoms with Crippen molar-refractivity contribution in [3.63, 3.8) is 0 Å². The Labute approximate surface area is 132 Å². The Morgan fingerprint density at radius 2 is 2.05 bits per heavy atom. The van der Waals surface area contributed by atoms with Gasteiger partial charge in [0.1, 0.15) is 6.17 Å². The number of carbonyl (C=O) groups excluding carboxylic acids is 1. The summed E-state index contributed by atoms with van der Waals surface area (Å²) in [5.41, 5.74) is 1.10. The van der Waals surface area contributed by atoms with Crippen LogP contribution < -0.4 is 0 Å². The molecule has 0 heterocycles. The molecule has 0 aliphatic heterocycles. The Bertz CT molecular complexity index is 514. The minimum absolute atomic E-state index is 0.000406. The van der Waals surface area contributed by atoms with Crippen molar-refractivity contribution in [2.45, 2.75) is 70.6 Å². The topological polar surface area (TPSA) is 37.3 Å². The smallest absolute Gasteiger partial charge is 0.155 e. The first-order valence-corrected chi connectivity index (χ1v) is 9.04. The van der Waals surface area contributed by atoms with E-state index in [2.05, 4.69) is 6.92 Å². The van der Waals surface area contributed by atoms with Crippen molar-refractivity contribution >= 4 is 5.78 Å². The van der Waals surface area contributed by atoms with Gasteiger partial charge in [0.15, 0.2) is 5.78 Å². The van der Waals surface area contributed by atoms with E-state index in [-0.39, 0.29) is 17.3 Å². The summed E-state index contributed by atoms with van der Waals surface area (Å²) in [6.45, 7) is 2.23. The molecule has 22 heavy (non-hydrogen) atoms. The third kappa shape index (κ3) is 2.11. The van der Waals surface area contributed by atoms with E-state index in [0.717, 1.165) is 37.7 Å². The van der Waals surface area contributed by atoms with Crippen molar-refractivity contribution in [2.75, 3.05) is 0 Å². The molecule has 122 valence electrons. The highest BCUT2D eigenvalue weighted by Gasteiger charge is 2.56. The van der Waals surface area contributed by atoms with Crippen LogP contribution in [0.25, 0.3) is 0 Å². The molecule has 0 amide bonds. The summed E-state index contributed by atoms with van der Waals surface area (Å²) in [6.07, 6.45) is 7.51. The number of allylic oxidation sites excluding steroid dienone is 2. The van der Waals surface area contributed by atoms with E-state index in [1.807, 2.05) is 0 Å². The first-order valence-electron chi connectivity index (χ1n) is 9.04. The minimum Gasteiger partial charge on any atom is -0.393 e. The molecule has 3 saturated carbocycles. The monoisotopic (exact) mass is 306 g/mol. The van der Waals surface area contributed by atoms with Crippen LogP contribution in [0.15, 0.2) is 11.6 Å². The number of aliphatic hydroxyl groups is 1. The highest BCUT2D eigenvalue weighted by Crippen LogP contribution is 2.61. The van der Waals surface area contributed by atoms with Crippen molar-refractivity contribution in [3.8, 4) is 0 Å². The van der Waals surface area contributed by atoms with Crippen LogP contribution in [0.4, 0.5) is 4.39 Å². The van der Waals surface area contributed by atoms with Crippen molar-refractivity contribution in [1.29, 1.82) is 0 Å². The van der Waals surface area contributed by atoms with Gasteiger partial charge in [-0.25, -0.2) is 4.39 Å². The van der Waals surface area contributed by atoms with Crippen molar-refractivity contribution in [2.24, 2.45) is 29.1 Å².